The molecule has 18 heteroatoms. The summed E-state index contributed by atoms with van der Waals surface area (Å²) in [6, 6.07) is 2.77. The number of β-lactam (4-membered cyclic amide) rings is 1. The maximum Gasteiger partial charge on any atom is 0.352 e. The number of aromatic nitrogens is 5. The third kappa shape index (κ3) is 5.57. The molecule has 5 N–H and O–H groups in total. The van der Waals surface area contributed by atoms with Gasteiger partial charge < -0.3 is 30.9 Å². The second-order valence-corrected chi connectivity index (χ2v) is 10.9. The van der Waals surface area contributed by atoms with Crippen LogP contribution in [0.4, 0.5) is 9.52 Å². The first-order chi connectivity index (χ1) is 19.8. The van der Waals surface area contributed by atoms with E-state index in [-0.39, 0.29) is 23.2 Å². The number of anilines is 1. The number of aryl methyl sites for hydroxylation is 1. The molecule has 3 aromatic rings. The number of thioether (sulfide) groups is 1. The van der Waals surface area contributed by atoms with Crippen LogP contribution in [0.15, 0.2) is 41.1 Å². The van der Waals surface area contributed by atoms with Crippen molar-refractivity contribution in [1.29, 1.82) is 0 Å². The van der Waals surface area contributed by atoms with Gasteiger partial charge in [0.05, 0.1) is 6.20 Å². The number of oxime groups is 1. The van der Waals surface area contributed by atoms with Crippen LogP contribution in [0.3, 0.4) is 0 Å². The number of carboxylic acid groups (broad SMARTS) is 1. The summed E-state index contributed by atoms with van der Waals surface area (Å²) in [6.45, 7) is 0.542. The molecule has 2 amide bonds. The van der Waals surface area contributed by atoms with Crippen molar-refractivity contribution in [3.05, 3.63) is 41.8 Å². The molecule has 0 aliphatic carbocycles. The van der Waals surface area contributed by atoms with E-state index in [1.807, 2.05) is 34.5 Å². The molecule has 15 nitrogen and oxygen atoms in total. The molecule has 5 heterocycles. The number of imidazole rings is 1. The van der Waals surface area contributed by atoms with E-state index < -0.39 is 41.8 Å². The molecule has 0 unspecified atom stereocenters. The van der Waals surface area contributed by atoms with Crippen molar-refractivity contribution < 1.29 is 33.3 Å². The molecule has 0 spiro atoms. The number of aliphatic carboxylic acids is 1. The van der Waals surface area contributed by atoms with E-state index in [1.165, 1.54) is 16.7 Å². The fraction of sp³-hybridized carbons (Fsp3) is 0.391. The summed E-state index contributed by atoms with van der Waals surface area (Å²) in [7, 11) is 1.89. The van der Waals surface area contributed by atoms with Crippen molar-refractivity contribution >= 4 is 63.1 Å². The Bertz CT molecular complexity index is 1560. The van der Waals surface area contributed by atoms with Crippen LogP contribution in [0.1, 0.15) is 12.2 Å². The molecule has 2 aliphatic heterocycles. The van der Waals surface area contributed by atoms with Gasteiger partial charge in [0.15, 0.2) is 5.13 Å². The highest BCUT2D eigenvalue weighted by Crippen LogP contribution is 2.40. The molecule has 5 rings (SSSR count). The number of halogens is 1. The summed E-state index contributed by atoms with van der Waals surface area (Å²) in [5, 5.41) is 18.5. The SMILES string of the molecule is CNCCCn1cnc2c1ccc[n+]2CC1=C(C(=O)O)N2C(=O)[C@@H](NC(=O)/C(=N/OCF)c3nsc(N)n3)[C@H]2SC1. The highest BCUT2D eigenvalue weighted by Gasteiger charge is 2.54. The van der Waals surface area contributed by atoms with Crippen molar-refractivity contribution in [2.24, 2.45) is 5.16 Å². The van der Waals surface area contributed by atoms with E-state index in [0.717, 1.165) is 36.6 Å². The van der Waals surface area contributed by atoms with Gasteiger partial charge in [0, 0.05) is 29.4 Å². The normalized spacial score (nSPS) is 18.8. The second-order valence-electron chi connectivity index (χ2n) is 8.99. The van der Waals surface area contributed by atoms with Gasteiger partial charge in [-0.15, -0.1) is 11.8 Å². The molecule has 3 aromatic heterocycles. The summed E-state index contributed by atoms with van der Waals surface area (Å²) in [4.78, 5) is 52.4. The number of nitrogens with two attached hydrogens (primary N) is 1. The molecule has 2 aliphatic rings. The number of carbonyl (C=O) groups excluding carboxylic acids is 2. The Labute approximate surface area is 240 Å². The van der Waals surface area contributed by atoms with Gasteiger partial charge in [-0.1, -0.05) is 5.16 Å². The summed E-state index contributed by atoms with van der Waals surface area (Å²) in [6.07, 6.45) is 4.49. The number of carbonyl (C=O) groups is 3. The van der Waals surface area contributed by atoms with E-state index in [9.17, 15) is 23.9 Å². The van der Waals surface area contributed by atoms with Crippen LogP contribution >= 0.6 is 23.3 Å². The largest absolute Gasteiger partial charge is 0.477 e. The van der Waals surface area contributed by atoms with E-state index in [2.05, 4.69) is 35.0 Å². The standard InChI is InChI=1S/C23H25FN10O5S2/c1-26-5-3-7-33-11-27-18-13(33)4-2-6-32(18)8-12-9-40-21-15(20(36)34(21)16(12)22(37)38)28-19(35)14(30-39-10-24)17-29-23(25)41-31-17/h2,4,6,11,15,21,26H,3,5,7-10H2,1H3,(H3-,25,28,29,31,35,37,38)/p+1/b30-14+/t15-,21-/m1/s1. The summed E-state index contributed by atoms with van der Waals surface area (Å²) in [5.74, 6) is -2.66. The molecule has 0 bridgehead atoms. The molecule has 0 aromatic carbocycles. The number of nitrogen functional groups attached to an aromatic ring is 1. The average Bonchev–Trinajstić information content (AvgIpc) is 3.58. The maximum atomic E-state index is 13.2. The molecule has 1 saturated heterocycles. The van der Waals surface area contributed by atoms with E-state index >= 15 is 0 Å². The van der Waals surface area contributed by atoms with Gasteiger partial charge in [0.25, 0.3) is 18.7 Å². The number of nitrogens with zero attached hydrogens (tertiary/aromatic N) is 7. The van der Waals surface area contributed by atoms with E-state index in [0.29, 0.717) is 17.0 Å². The maximum absolute atomic E-state index is 13.2. The van der Waals surface area contributed by atoms with Crippen LogP contribution in [-0.2, 0) is 32.3 Å². The Morgan fingerprint density at radius 3 is 2.95 bits per heavy atom. The van der Waals surface area contributed by atoms with Crippen molar-refractivity contribution in [1.82, 2.24) is 34.4 Å². The number of amides is 2. The third-order valence-electron chi connectivity index (χ3n) is 6.45. The molecule has 1 fully saturated rings. The Kier molecular flexibility index (Phi) is 8.41. The highest BCUT2D eigenvalue weighted by molar-refractivity contribution is 8.00. The van der Waals surface area contributed by atoms with Gasteiger partial charge in [0.1, 0.15) is 29.2 Å². The quantitative estimate of drug-likeness (QED) is 0.0681. The van der Waals surface area contributed by atoms with Crippen molar-refractivity contribution in [3.8, 4) is 0 Å². The van der Waals surface area contributed by atoms with Crippen molar-refractivity contribution in [2.75, 3.05) is 31.9 Å². The van der Waals surface area contributed by atoms with Crippen LogP contribution in [0.5, 0.6) is 0 Å². The number of rotatable bonds is 12. The lowest BCUT2D eigenvalue weighted by atomic mass is 10.0. The van der Waals surface area contributed by atoms with E-state index in [4.69, 9.17) is 5.73 Å². The highest BCUT2D eigenvalue weighted by atomic mass is 32.2. The Morgan fingerprint density at radius 1 is 1.41 bits per heavy atom. The predicted molar refractivity (Wildman–Crippen MR) is 146 cm³/mol. The van der Waals surface area contributed by atoms with Gasteiger partial charge in [-0.25, -0.2) is 13.8 Å². The van der Waals surface area contributed by atoms with Crippen LogP contribution in [-0.4, -0.2) is 90.0 Å². The predicted octanol–water partition coefficient (Wildman–Crippen LogP) is -0.546. The number of hydrogen-bond donors (Lipinski definition) is 4. The molecule has 216 valence electrons. The minimum absolute atomic E-state index is 0.0485. The lowest BCUT2D eigenvalue weighted by Crippen LogP contribution is -2.71. The van der Waals surface area contributed by atoms with Crippen molar-refractivity contribution in [3.63, 3.8) is 0 Å². The van der Waals surface area contributed by atoms with Gasteiger partial charge in [-0.3, -0.25) is 14.5 Å². The molecule has 41 heavy (non-hydrogen) atoms. The lowest BCUT2D eigenvalue weighted by molar-refractivity contribution is -0.664. The van der Waals surface area contributed by atoms with Crippen LogP contribution in [0.2, 0.25) is 0 Å². The van der Waals surface area contributed by atoms with Gasteiger partial charge in [-0.05, 0) is 37.1 Å². The smallest absolute Gasteiger partial charge is 0.352 e. The van der Waals surface area contributed by atoms with Gasteiger partial charge in [0.2, 0.25) is 17.9 Å². The fourth-order valence-corrected chi connectivity index (χ4v) is 6.41. The Balaban J connectivity index is 1.35. The van der Waals surface area contributed by atoms with Gasteiger partial charge in [-0.2, -0.15) is 9.36 Å². The van der Waals surface area contributed by atoms with Crippen LogP contribution < -0.4 is 20.9 Å². The summed E-state index contributed by atoms with van der Waals surface area (Å²) in [5.41, 5.74) is 7.11. The average molecular weight is 606 g/mol. The molecular formula is C23H26FN10O5S2+. The fourth-order valence-electron chi connectivity index (χ4n) is 4.64. The summed E-state index contributed by atoms with van der Waals surface area (Å²) >= 11 is 2.11. The second kappa shape index (κ2) is 12.1. The first-order valence-corrected chi connectivity index (χ1v) is 14.2. The zero-order valence-corrected chi connectivity index (χ0v) is 23.3. The zero-order chi connectivity index (χ0) is 29.1. The molecule has 0 saturated carbocycles. The topological polar surface area (TPSA) is 194 Å². The zero-order valence-electron chi connectivity index (χ0n) is 21.7. The molecular weight excluding hydrogens is 579 g/mol. The van der Waals surface area contributed by atoms with E-state index in [1.54, 1.807) is 6.33 Å². The first-order valence-electron chi connectivity index (χ1n) is 12.4. The lowest BCUT2D eigenvalue weighted by Gasteiger charge is -2.49. The van der Waals surface area contributed by atoms with Crippen LogP contribution in [0, 0.1) is 0 Å². The first kappa shape index (κ1) is 28.4. The van der Waals surface area contributed by atoms with Gasteiger partial charge >= 0.3 is 11.6 Å². The third-order valence-corrected chi connectivity index (χ3v) is 8.33. The number of pyridine rings is 1. The Morgan fingerprint density at radius 2 is 2.24 bits per heavy atom. The number of hydrogen-bond acceptors (Lipinski definition) is 12. The van der Waals surface area contributed by atoms with Crippen molar-refractivity contribution in [2.45, 2.75) is 30.9 Å². The van der Waals surface area contributed by atoms with Crippen LogP contribution in [0.25, 0.3) is 11.2 Å². The minimum Gasteiger partial charge on any atom is -0.477 e. The molecule has 0 radical (unpaired) electrons. The number of nitrogens with one attached hydrogen (secondary N) is 2. The number of carboxylic acids is 1. The number of alkyl halides is 1. The summed E-state index contributed by atoms with van der Waals surface area (Å²) < 4.78 is 20.3. The molecule has 2 atom stereocenters. The monoisotopic (exact) mass is 605 g/mol. The number of fused-ring (bicyclic) bond motifs is 2. The Hall–Kier alpha value is -4.16. The minimum atomic E-state index is -1.30.